The van der Waals surface area contributed by atoms with Crippen molar-refractivity contribution >= 4 is 17.7 Å². The summed E-state index contributed by atoms with van der Waals surface area (Å²) in [6, 6.07) is -0.444. The summed E-state index contributed by atoms with van der Waals surface area (Å²) in [6.07, 6.45) is 14.2. The van der Waals surface area contributed by atoms with Gasteiger partial charge in [-0.2, -0.15) is 11.8 Å². The van der Waals surface area contributed by atoms with E-state index in [0.29, 0.717) is 13.0 Å². The van der Waals surface area contributed by atoms with Gasteiger partial charge in [0, 0.05) is 0 Å². The normalized spacial score (nSPS) is 12.3. The second-order valence-electron chi connectivity index (χ2n) is 5.38. The molecule has 1 atom stereocenters. The summed E-state index contributed by atoms with van der Waals surface area (Å²) in [5.41, 5.74) is 5.74. The summed E-state index contributed by atoms with van der Waals surface area (Å²) in [7, 11) is 0. The molecule has 4 heteroatoms. The summed E-state index contributed by atoms with van der Waals surface area (Å²) in [5, 5.41) is 0. The third kappa shape index (κ3) is 12.8. The van der Waals surface area contributed by atoms with Crippen LogP contribution in [0.2, 0.25) is 0 Å². The molecular weight excluding hydrogens is 270 g/mol. The Bertz CT molecular complexity index is 225. The molecule has 0 unspecified atom stereocenters. The molecule has 0 aromatic carbocycles. The maximum absolute atomic E-state index is 11.5. The van der Waals surface area contributed by atoms with Crippen LogP contribution in [-0.2, 0) is 9.53 Å². The molecule has 0 rings (SSSR count). The van der Waals surface area contributed by atoms with E-state index >= 15 is 0 Å². The Balaban J connectivity index is 3.24. The van der Waals surface area contributed by atoms with Gasteiger partial charge in [-0.3, -0.25) is 4.79 Å². The Hall–Kier alpha value is -0.220. The lowest BCUT2D eigenvalue weighted by atomic mass is 10.1. The van der Waals surface area contributed by atoms with Gasteiger partial charge in [0.05, 0.1) is 6.61 Å². The molecular formula is C16H33NO2S. The van der Waals surface area contributed by atoms with E-state index in [2.05, 4.69) is 6.92 Å². The molecule has 0 radical (unpaired) electrons. The molecule has 120 valence electrons. The highest BCUT2D eigenvalue weighted by Gasteiger charge is 2.13. The Morgan fingerprint density at radius 2 is 1.60 bits per heavy atom. The zero-order valence-corrected chi connectivity index (χ0v) is 14.2. The van der Waals surface area contributed by atoms with Crippen LogP contribution in [0.15, 0.2) is 0 Å². The molecule has 2 N–H and O–H groups in total. The molecule has 0 saturated carbocycles. The van der Waals surface area contributed by atoms with Crippen molar-refractivity contribution in [2.75, 3.05) is 18.6 Å². The molecule has 0 aromatic heterocycles. The Morgan fingerprint density at radius 3 is 2.15 bits per heavy atom. The average molecular weight is 304 g/mol. The van der Waals surface area contributed by atoms with Crippen LogP contribution < -0.4 is 5.73 Å². The lowest BCUT2D eigenvalue weighted by Crippen LogP contribution is -2.33. The van der Waals surface area contributed by atoms with Crippen molar-refractivity contribution in [1.82, 2.24) is 0 Å². The van der Waals surface area contributed by atoms with Crippen molar-refractivity contribution in [3.63, 3.8) is 0 Å². The van der Waals surface area contributed by atoms with Crippen molar-refractivity contribution < 1.29 is 9.53 Å². The summed E-state index contributed by atoms with van der Waals surface area (Å²) in [6.45, 7) is 2.77. The molecule has 0 aliphatic carbocycles. The lowest BCUT2D eigenvalue weighted by Gasteiger charge is -2.10. The minimum absolute atomic E-state index is 0.237. The van der Waals surface area contributed by atoms with E-state index < -0.39 is 6.04 Å². The first-order valence-electron chi connectivity index (χ1n) is 8.13. The van der Waals surface area contributed by atoms with Crippen LogP contribution in [0.4, 0.5) is 0 Å². The first-order valence-corrected chi connectivity index (χ1v) is 9.53. The minimum Gasteiger partial charge on any atom is -0.465 e. The second kappa shape index (κ2) is 15.2. The van der Waals surface area contributed by atoms with Crippen molar-refractivity contribution in [2.24, 2.45) is 5.73 Å². The van der Waals surface area contributed by atoms with Gasteiger partial charge in [-0.15, -0.1) is 0 Å². The van der Waals surface area contributed by atoms with Gasteiger partial charge >= 0.3 is 5.97 Å². The van der Waals surface area contributed by atoms with Gasteiger partial charge in [-0.1, -0.05) is 58.3 Å². The summed E-state index contributed by atoms with van der Waals surface area (Å²) < 4.78 is 5.19. The van der Waals surface area contributed by atoms with Crippen molar-refractivity contribution in [2.45, 2.75) is 77.2 Å². The topological polar surface area (TPSA) is 52.3 Å². The van der Waals surface area contributed by atoms with E-state index in [-0.39, 0.29) is 5.97 Å². The molecule has 0 fully saturated rings. The summed E-state index contributed by atoms with van der Waals surface area (Å²) in [4.78, 5) is 11.5. The third-order valence-corrected chi connectivity index (χ3v) is 4.07. The third-order valence-electron chi connectivity index (χ3n) is 3.43. The molecule has 0 bridgehead atoms. The van der Waals surface area contributed by atoms with E-state index in [9.17, 15) is 4.79 Å². The quantitative estimate of drug-likeness (QED) is 0.387. The van der Waals surface area contributed by atoms with Gasteiger partial charge in [0.25, 0.3) is 0 Å². The van der Waals surface area contributed by atoms with Crippen LogP contribution in [-0.4, -0.2) is 30.6 Å². The molecule has 0 aliphatic heterocycles. The fraction of sp³-hybridized carbons (Fsp3) is 0.938. The number of ether oxygens (including phenoxy) is 1. The number of nitrogens with two attached hydrogens (primary N) is 1. The number of carbonyl (C=O) groups is 1. The molecule has 0 aliphatic rings. The van der Waals surface area contributed by atoms with E-state index in [4.69, 9.17) is 10.5 Å². The van der Waals surface area contributed by atoms with Crippen LogP contribution in [0.25, 0.3) is 0 Å². The highest BCUT2D eigenvalue weighted by Crippen LogP contribution is 2.09. The Kier molecular flexibility index (Phi) is 15.0. The zero-order valence-electron chi connectivity index (χ0n) is 13.4. The lowest BCUT2D eigenvalue weighted by molar-refractivity contribution is -0.145. The molecule has 0 amide bonds. The molecule has 0 heterocycles. The SMILES string of the molecule is CCCCCCCCCCCOC(=O)[C@@H](N)CCSC. The standard InChI is InChI=1S/C16H33NO2S/c1-3-4-5-6-7-8-9-10-11-13-19-16(18)15(17)12-14-20-2/h15H,3-14,17H2,1-2H3/t15-/m0/s1. The number of hydrogen-bond donors (Lipinski definition) is 1. The van der Waals surface area contributed by atoms with Crippen LogP contribution >= 0.6 is 11.8 Å². The average Bonchev–Trinajstić information content (AvgIpc) is 2.46. The Morgan fingerprint density at radius 1 is 1.05 bits per heavy atom. The number of hydrogen-bond acceptors (Lipinski definition) is 4. The number of thioether (sulfide) groups is 1. The predicted molar refractivity (Wildman–Crippen MR) is 89.2 cm³/mol. The summed E-state index contributed by atoms with van der Waals surface area (Å²) >= 11 is 1.70. The summed E-state index contributed by atoms with van der Waals surface area (Å²) in [5.74, 6) is 0.674. The minimum atomic E-state index is -0.444. The van der Waals surface area contributed by atoms with Gasteiger partial charge in [0.15, 0.2) is 0 Å². The van der Waals surface area contributed by atoms with Gasteiger partial charge in [0.1, 0.15) is 6.04 Å². The van der Waals surface area contributed by atoms with Crippen LogP contribution in [0, 0.1) is 0 Å². The molecule has 0 spiro atoms. The van der Waals surface area contributed by atoms with Gasteiger partial charge in [0.2, 0.25) is 0 Å². The first kappa shape index (κ1) is 19.8. The second-order valence-corrected chi connectivity index (χ2v) is 6.37. The first-order chi connectivity index (χ1) is 9.72. The number of unbranched alkanes of at least 4 members (excludes halogenated alkanes) is 8. The van der Waals surface area contributed by atoms with Crippen LogP contribution in [0.1, 0.15) is 71.1 Å². The predicted octanol–water partition coefficient (Wildman–Crippen LogP) is 4.14. The number of esters is 1. The molecule has 20 heavy (non-hydrogen) atoms. The van der Waals surface area contributed by atoms with Gasteiger partial charge < -0.3 is 10.5 Å². The maximum atomic E-state index is 11.5. The largest absolute Gasteiger partial charge is 0.465 e. The number of carbonyl (C=O) groups excluding carboxylic acids is 1. The van der Waals surface area contributed by atoms with Gasteiger partial charge in [-0.05, 0) is 24.9 Å². The van der Waals surface area contributed by atoms with E-state index in [1.54, 1.807) is 11.8 Å². The van der Waals surface area contributed by atoms with E-state index in [1.165, 1.54) is 44.9 Å². The number of rotatable bonds is 14. The fourth-order valence-corrected chi connectivity index (χ4v) is 2.54. The molecule has 0 saturated heterocycles. The van der Waals surface area contributed by atoms with Gasteiger partial charge in [-0.25, -0.2) is 0 Å². The van der Waals surface area contributed by atoms with Crippen molar-refractivity contribution in [1.29, 1.82) is 0 Å². The van der Waals surface area contributed by atoms with Crippen LogP contribution in [0.5, 0.6) is 0 Å². The zero-order chi connectivity index (χ0) is 15.1. The van der Waals surface area contributed by atoms with Crippen molar-refractivity contribution in [3.8, 4) is 0 Å². The van der Waals surface area contributed by atoms with E-state index in [1.807, 2.05) is 6.26 Å². The molecule has 3 nitrogen and oxygen atoms in total. The smallest absolute Gasteiger partial charge is 0.322 e. The molecule has 0 aromatic rings. The maximum Gasteiger partial charge on any atom is 0.322 e. The highest BCUT2D eigenvalue weighted by molar-refractivity contribution is 7.98. The monoisotopic (exact) mass is 303 g/mol. The van der Waals surface area contributed by atoms with E-state index in [0.717, 1.165) is 18.6 Å². The van der Waals surface area contributed by atoms with Crippen LogP contribution in [0.3, 0.4) is 0 Å². The Labute approximate surface area is 129 Å². The highest BCUT2D eigenvalue weighted by atomic mass is 32.2. The fourth-order valence-electron chi connectivity index (χ4n) is 2.06. The van der Waals surface area contributed by atoms with Crippen molar-refractivity contribution in [3.05, 3.63) is 0 Å².